The zero-order valence-corrected chi connectivity index (χ0v) is 27.9. The summed E-state index contributed by atoms with van der Waals surface area (Å²) in [5, 5.41) is 0.977. The van der Waals surface area contributed by atoms with Gasteiger partial charge in [0.2, 0.25) is 0 Å². The average Bonchev–Trinajstić information content (AvgIpc) is 2.95. The van der Waals surface area contributed by atoms with Crippen LogP contribution in [0.1, 0.15) is 40.3 Å². The Bertz CT molecular complexity index is 1740. The van der Waals surface area contributed by atoms with Crippen molar-refractivity contribution in [3.63, 3.8) is 0 Å². The number of hydrogen-bond donors (Lipinski definition) is 0. The number of ether oxygens (including phenoxy) is 2. The highest BCUT2D eigenvalue weighted by molar-refractivity contribution is 7.81. The van der Waals surface area contributed by atoms with Crippen LogP contribution in [-0.4, -0.2) is 23.5 Å². The van der Waals surface area contributed by atoms with E-state index >= 15 is 0 Å². The summed E-state index contributed by atoms with van der Waals surface area (Å²) >= 11 is 18.6. The van der Waals surface area contributed by atoms with Gasteiger partial charge in [-0.25, -0.2) is 0 Å². The first kappa shape index (κ1) is 32.2. The Kier molecular flexibility index (Phi) is 9.63. The molecule has 0 unspecified atom stereocenters. The fourth-order valence-electron chi connectivity index (χ4n) is 5.32. The SMILES string of the molecule is CCOc1cc(C=C2C(=O)N(c3cc(C)cc(C)c3)C(=S)N(c3cc(C)cc(C)c3)C2=O)cc(Cl)c1OCc1ccc(Cl)cc1. The van der Waals surface area contributed by atoms with Crippen LogP contribution < -0.4 is 19.3 Å². The predicted molar refractivity (Wildman–Crippen MR) is 186 cm³/mol. The Morgan fingerprint density at radius 3 is 1.73 bits per heavy atom. The molecule has 1 saturated heterocycles. The Hall–Kier alpha value is -4.17. The summed E-state index contributed by atoms with van der Waals surface area (Å²) < 4.78 is 11.9. The van der Waals surface area contributed by atoms with Crippen molar-refractivity contribution >= 4 is 69.8 Å². The molecule has 0 N–H and O–H groups in total. The van der Waals surface area contributed by atoms with Crippen LogP contribution in [0.4, 0.5) is 11.4 Å². The lowest BCUT2D eigenvalue weighted by Crippen LogP contribution is -2.57. The molecule has 230 valence electrons. The first-order chi connectivity index (χ1) is 21.4. The Labute approximate surface area is 278 Å². The van der Waals surface area contributed by atoms with Gasteiger partial charge in [-0.15, -0.1) is 0 Å². The molecule has 0 spiro atoms. The van der Waals surface area contributed by atoms with Crippen molar-refractivity contribution in [2.24, 2.45) is 0 Å². The number of carbonyl (C=O) groups excluding carboxylic acids is 2. The van der Waals surface area contributed by atoms with Gasteiger partial charge in [0.15, 0.2) is 16.6 Å². The molecule has 1 heterocycles. The Morgan fingerprint density at radius 1 is 0.733 bits per heavy atom. The lowest BCUT2D eigenvalue weighted by molar-refractivity contribution is -0.120. The van der Waals surface area contributed by atoms with Crippen LogP contribution in [0.2, 0.25) is 10.0 Å². The summed E-state index contributed by atoms with van der Waals surface area (Å²) in [6, 6.07) is 22.2. The molecule has 0 radical (unpaired) electrons. The molecule has 9 heteroatoms. The molecule has 5 rings (SSSR count). The highest BCUT2D eigenvalue weighted by atomic mass is 35.5. The topological polar surface area (TPSA) is 59.1 Å². The molecule has 1 aliphatic heterocycles. The maximum absolute atomic E-state index is 14.2. The van der Waals surface area contributed by atoms with E-state index in [0.29, 0.717) is 40.1 Å². The van der Waals surface area contributed by atoms with E-state index in [1.165, 1.54) is 15.9 Å². The number of rotatable bonds is 8. The van der Waals surface area contributed by atoms with E-state index in [0.717, 1.165) is 27.8 Å². The molecule has 1 fully saturated rings. The van der Waals surface area contributed by atoms with Crippen molar-refractivity contribution in [3.05, 3.63) is 122 Å². The highest BCUT2D eigenvalue weighted by Gasteiger charge is 2.41. The van der Waals surface area contributed by atoms with Crippen molar-refractivity contribution < 1.29 is 19.1 Å². The van der Waals surface area contributed by atoms with E-state index in [4.69, 9.17) is 44.9 Å². The van der Waals surface area contributed by atoms with Crippen molar-refractivity contribution in [2.45, 2.75) is 41.2 Å². The van der Waals surface area contributed by atoms with Gasteiger partial charge in [0, 0.05) is 5.02 Å². The molecule has 0 aliphatic carbocycles. The Morgan fingerprint density at radius 2 is 1.24 bits per heavy atom. The number of carbonyl (C=O) groups is 2. The normalized spacial score (nSPS) is 13.4. The number of benzene rings is 4. The monoisotopic (exact) mass is 658 g/mol. The number of amides is 2. The van der Waals surface area contributed by atoms with Crippen LogP contribution >= 0.6 is 35.4 Å². The van der Waals surface area contributed by atoms with E-state index < -0.39 is 11.8 Å². The van der Waals surface area contributed by atoms with Gasteiger partial charge in [0.05, 0.1) is 23.0 Å². The molecule has 1 aliphatic rings. The quantitative estimate of drug-likeness (QED) is 0.107. The lowest BCUT2D eigenvalue weighted by Gasteiger charge is -2.37. The van der Waals surface area contributed by atoms with Gasteiger partial charge in [0.25, 0.3) is 11.8 Å². The summed E-state index contributed by atoms with van der Waals surface area (Å²) in [5.74, 6) is -0.332. The van der Waals surface area contributed by atoms with Crippen molar-refractivity contribution in [3.8, 4) is 11.5 Å². The van der Waals surface area contributed by atoms with Gasteiger partial charge in [-0.3, -0.25) is 19.4 Å². The molecule has 0 bridgehead atoms. The Balaban J connectivity index is 1.60. The van der Waals surface area contributed by atoms with Crippen molar-refractivity contribution in [2.75, 3.05) is 16.4 Å². The number of aryl methyl sites for hydroxylation is 4. The van der Waals surface area contributed by atoms with Crippen LogP contribution in [-0.2, 0) is 16.2 Å². The van der Waals surface area contributed by atoms with E-state index in [1.54, 1.807) is 24.3 Å². The number of hydrogen-bond acceptors (Lipinski definition) is 5. The molecule has 0 aromatic heterocycles. The molecule has 0 saturated carbocycles. The minimum atomic E-state index is -0.534. The number of nitrogens with zero attached hydrogens (tertiary/aromatic N) is 2. The maximum Gasteiger partial charge on any atom is 0.270 e. The molecular formula is C36H32Cl2N2O4S. The maximum atomic E-state index is 14.2. The summed E-state index contributed by atoms with van der Waals surface area (Å²) in [7, 11) is 0. The lowest BCUT2D eigenvalue weighted by atomic mass is 10.0. The second-order valence-electron chi connectivity index (χ2n) is 11.0. The van der Waals surface area contributed by atoms with Gasteiger partial charge < -0.3 is 9.47 Å². The van der Waals surface area contributed by atoms with E-state index in [2.05, 4.69) is 0 Å². The molecule has 4 aromatic rings. The van der Waals surface area contributed by atoms with Gasteiger partial charge in [-0.05, 0) is 135 Å². The van der Waals surface area contributed by atoms with Crippen molar-refractivity contribution in [1.82, 2.24) is 0 Å². The third kappa shape index (κ3) is 7.06. The van der Waals surface area contributed by atoms with Crippen LogP contribution in [0, 0.1) is 27.7 Å². The van der Waals surface area contributed by atoms with Gasteiger partial charge in [-0.1, -0.05) is 47.5 Å². The minimum Gasteiger partial charge on any atom is -0.490 e. The molecule has 0 atom stereocenters. The van der Waals surface area contributed by atoms with Crippen LogP contribution in [0.5, 0.6) is 11.5 Å². The summed E-state index contributed by atoms with van der Waals surface area (Å²) in [6.45, 7) is 10.2. The average molecular weight is 660 g/mol. The number of thiocarbonyl (C=S) groups is 1. The summed E-state index contributed by atoms with van der Waals surface area (Å²) in [4.78, 5) is 31.1. The third-order valence-electron chi connectivity index (χ3n) is 7.12. The van der Waals surface area contributed by atoms with E-state index in [-0.39, 0.29) is 22.3 Å². The van der Waals surface area contributed by atoms with Gasteiger partial charge >= 0.3 is 0 Å². The molecule has 2 amide bonds. The largest absolute Gasteiger partial charge is 0.490 e. The second-order valence-corrected chi connectivity index (χ2v) is 12.2. The summed E-state index contributed by atoms with van der Waals surface area (Å²) in [5.41, 5.74) is 6.32. The minimum absolute atomic E-state index is 0.0738. The fraction of sp³-hybridized carbons (Fsp3) is 0.194. The third-order valence-corrected chi connectivity index (χ3v) is 8.02. The van der Waals surface area contributed by atoms with Crippen LogP contribution in [0.15, 0.2) is 78.4 Å². The predicted octanol–water partition coefficient (Wildman–Crippen LogP) is 8.95. The summed E-state index contributed by atoms with van der Waals surface area (Å²) in [6.07, 6.45) is 1.52. The zero-order valence-electron chi connectivity index (χ0n) is 25.6. The molecule has 6 nitrogen and oxygen atoms in total. The smallest absolute Gasteiger partial charge is 0.270 e. The molecule has 4 aromatic carbocycles. The van der Waals surface area contributed by atoms with Crippen LogP contribution in [0.25, 0.3) is 6.08 Å². The van der Waals surface area contributed by atoms with Crippen molar-refractivity contribution in [1.29, 1.82) is 0 Å². The fourth-order valence-corrected chi connectivity index (χ4v) is 6.10. The van der Waals surface area contributed by atoms with Crippen LogP contribution in [0.3, 0.4) is 0 Å². The van der Waals surface area contributed by atoms with E-state index in [1.807, 2.05) is 83.1 Å². The second kappa shape index (κ2) is 13.4. The standard InChI is InChI=1S/C36H32Cl2N2O4S/c1-6-43-32-19-26(18-31(38)33(32)44-20-25-7-9-27(37)10-8-25)17-30-34(41)39(28-13-21(2)11-22(3)14-28)36(45)40(35(30)42)29-15-23(4)12-24(5)16-29/h7-19H,6,20H2,1-5H3. The van der Waals surface area contributed by atoms with Gasteiger partial charge in [0.1, 0.15) is 12.2 Å². The first-order valence-corrected chi connectivity index (χ1v) is 15.6. The molecular weight excluding hydrogens is 627 g/mol. The van der Waals surface area contributed by atoms with E-state index in [9.17, 15) is 9.59 Å². The molecule has 45 heavy (non-hydrogen) atoms. The van der Waals surface area contributed by atoms with Gasteiger partial charge in [-0.2, -0.15) is 0 Å². The highest BCUT2D eigenvalue weighted by Crippen LogP contribution is 2.39. The first-order valence-electron chi connectivity index (χ1n) is 14.4. The number of anilines is 2. The zero-order chi connectivity index (χ0) is 32.4. The number of halogens is 2.